The van der Waals surface area contributed by atoms with Gasteiger partial charge in [-0.25, -0.2) is 4.98 Å². The van der Waals surface area contributed by atoms with Crippen molar-refractivity contribution in [3.63, 3.8) is 0 Å². The third-order valence-electron chi connectivity index (χ3n) is 6.58. The van der Waals surface area contributed by atoms with Gasteiger partial charge in [0.25, 0.3) is 11.7 Å². The SMILES string of the molecule is CN1Cc2ccc(-c3cc4n(c3C(=O)C(=O)Nc3ccc(-c5ncco5)cc3)CCC=C4)cc2C1. The van der Waals surface area contributed by atoms with E-state index >= 15 is 0 Å². The van der Waals surface area contributed by atoms with Crippen molar-refractivity contribution in [2.75, 3.05) is 12.4 Å². The molecule has 4 aromatic rings. The molecule has 2 aliphatic rings. The summed E-state index contributed by atoms with van der Waals surface area (Å²) in [6.45, 7) is 2.47. The van der Waals surface area contributed by atoms with Gasteiger partial charge in [0.05, 0.1) is 6.20 Å². The molecular weight excluding hydrogens is 440 g/mol. The molecule has 7 heteroatoms. The molecule has 0 saturated carbocycles. The summed E-state index contributed by atoms with van der Waals surface area (Å²) in [7, 11) is 2.10. The molecule has 0 aliphatic carbocycles. The van der Waals surface area contributed by atoms with Crippen LogP contribution in [0.4, 0.5) is 5.69 Å². The van der Waals surface area contributed by atoms with Gasteiger partial charge in [0.2, 0.25) is 5.89 Å². The molecule has 1 amide bonds. The van der Waals surface area contributed by atoms with Crippen LogP contribution in [-0.2, 0) is 24.4 Å². The number of anilines is 1. The number of aromatic nitrogens is 2. The molecule has 4 heterocycles. The molecule has 174 valence electrons. The number of Topliss-reactive ketones (excluding diaryl/α,β-unsaturated/α-hetero) is 1. The maximum Gasteiger partial charge on any atom is 0.298 e. The molecule has 0 spiro atoms. The smallest absolute Gasteiger partial charge is 0.298 e. The van der Waals surface area contributed by atoms with Gasteiger partial charge in [0, 0.05) is 42.1 Å². The van der Waals surface area contributed by atoms with E-state index in [-0.39, 0.29) is 0 Å². The highest BCUT2D eigenvalue weighted by molar-refractivity contribution is 6.47. The minimum atomic E-state index is -0.661. The Balaban J connectivity index is 1.31. The number of oxazole rings is 1. The van der Waals surface area contributed by atoms with E-state index in [0.29, 0.717) is 23.8 Å². The summed E-state index contributed by atoms with van der Waals surface area (Å²) in [4.78, 5) is 33.0. The second-order valence-corrected chi connectivity index (χ2v) is 9.03. The van der Waals surface area contributed by atoms with Gasteiger partial charge in [-0.15, -0.1) is 0 Å². The van der Waals surface area contributed by atoms with Crippen molar-refractivity contribution in [1.82, 2.24) is 14.5 Å². The number of nitrogens with zero attached hydrogens (tertiary/aromatic N) is 3. The predicted octanol–water partition coefficient (Wildman–Crippen LogP) is 4.99. The summed E-state index contributed by atoms with van der Waals surface area (Å²) >= 11 is 0. The maximum atomic E-state index is 13.5. The Bertz CT molecular complexity index is 1460. The Morgan fingerprint density at radius 1 is 1.00 bits per heavy atom. The molecule has 2 aromatic carbocycles. The van der Waals surface area contributed by atoms with Crippen LogP contribution in [0, 0.1) is 0 Å². The van der Waals surface area contributed by atoms with E-state index in [1.807, 2.05) is 16.7 Å². The molecule has 0 fully saturated rings. The fourth-order valence-corrected chi connectivity index (χ4v) is 4.91. The minimum Gasteiger partial charge on any atom is -0.445 e. The quantitative estimate of drug-likeness (QED) is 0.332. The van der Waals surface area contributed by atoms with Crippen molar-refractivity contribution >= 4 is 23.5 Å². The maximum absolute atomic E-state index is 13.5. The van der Waals surface area contributed by atoms with Gasteiger partial charge in [-0.1, -0.05) is 18.2 Å². The highest BCUT2D eigenvalue weighted by Crippen LogP contribution is 2.34. The summed E-state index contributed by atoms with van der Waals surface area (Å²) in [5, 5.41) is 2.76. The number of ketones is 1. The Kier molecular flexibility index (Phi) is 5.19. The zero-order valence-electron chi connectivity index (χ0n) is 19.3. The lowest BCUT2D eigenvalue weighted by Crippen LogP contribution is -2.26. The lowest BCUT2D eigenvalue weighted by Gasteiger charge is -2.14. The first-order chi connectivity index (χ1) is 17.1. The number of carbonyl (C=O) groups is 2. The molecule has 7 nitrogen and oxygen atoms in total. The van der Waals surface area contributed by atoms with Gasteiger partial charge in [0.15, 0.2) is 0 Å². The van der Waals surface area contributed by atoms with E-state index in [1.165, 1.54) is 17.4 Å². The highest BCUT2D eigenvalue weighted by Gasteiger charge is 2.28. The summed E-state index contributed by atoms with van der Waals surface area (Å²) in [5.74, 6) is -0.709. The Morgan fingerprint density at radius 2 is 1.80 bits per heavy atom. The van der Waals surface area contributed by atoms with Crippen molar-refractivity contribution in [3.8, 4) is 22.6 Å². The first-order valence-electron chi connectivity index (χ1n) is 11.6. The third-order valence-corrected chi connectivity index (χ3v) is 6.58. The Hall–Kier alpha value is -4.23. The van der Waals surface area contributed by atoms with Gasteiger partial charge >= 0.3 is 0 Å². The largest absolute Gasteiger partial charge is 0.445 e. The van der Waals surface area contributed by atoms with E-state index < -0.39 is 11.7 Å². The zero-order chi connectivity index (χ0) is 23.9. The molecule has 2 aliphatic heterocycles. The molecule has 0 atom stereocenters. The van der Waals surface area contributed by atoms with Crippen LogP contribution in [0.3, 0.4) is 0 Å². The number of amides is 1. The van der Waals surface area contributed by atoms with E-state index in [2.05, 4.69) is 46.5 Å². The minimum absolute atomic E-state index is 0.435. The second kappa shape index (κ2) is 8.52. The number of hydrogen-bond acceptors (Lipinski definition) is 5. The third kappa shape index (κ3) is 3.90. The summed E-state index contributed by atoms with van der Waals surface area (Å²) in [6, 6.07) is 15.4. The van der Waals surface area contributed by atoms with Gasteiger partial charge in [-0.2, -0.15) is 0 Å². The number of hydrogen-bond donors (Lipinski definition) is 1. The van der Waals surface area contributed by atoms with Crippen LogP contribution >= 0.6 is 0 Å². The predicted molar refractivity (Wildman–Crippen MR) is 134 cm³/mol. The molecule has 6 rings (SSSR count). The number of fused-ring (bicyclic) bond motifs is 2. The Labute approximate surface area is 202 Å². The fraction of sp³-hybridized carbons (Fsp3) is 0.179. The van der Waals surface area contributed by atoms with Crippen molar-refractivity contribution < 1.29 is 14.0 Å². The molecule has 2 aromatic heterocycles. The van der Waals surface area contributed by atoms with Crippen LogP contribution in [0.15, 0.2) is 71.5 Å². The van der Waals surface area contributed by atoms with E-state index in [4.69, 9.17) is 4.42 Å². The van der Waals surface area contributed by atoms with E-state index in [9.17, 15) is 9.59 Å². The van der Waals surface area contributed by atoms with Crippen LogP contribution in [0.25, 0.3) is 28.7 Å². The molecule has 1 N–H and O–H groups in total. The van der Waals surface area contributed by atoms with E-state index in [1.54, 1.807) is 30.5 Å². The molecular formula is C28H24N4O3. The monoisotopic (exact) mass is 464 g/mol. The van der Waals surface area contributed by atoms with Gasteiger partial charge in [-0.05, 0) is 72.6 Å². The molecule has 0 radical (unpaired) electrons. The number of rotatable bonds is 5. The zero-order valence-corrected chi connectivity index (χ0v) is 19.3. The van der Waals surface area contributed by atoms with Gasteiger partial charge < -0.3 is 14.3 Å². The van der Waals surface area contributed by atoms with Crippen LogP contribution in [0.5, 0.6) is 0 Å². The lowest BCUT2D eigenvalue weighted by atomic mass is 9.99. The second-order valence-electron chi connectivity index (χ2n) is 9.03. The summed E-state index contributed by atoms with van der Waals surface area (Å²) < 4.78 is 7.27. The molecule has 0 unspecified atom stereocenters. The number of nitrogens with one attached hydrogen (secondary N) is 1. The first kappa shape index (κ1) is 21.3. The van der Waals surface area contributed by atoms with Gasteiger partial charge in [0.1, 0.15) is 12.0 Å². The molecule has 35 heavy (non-hydrogen) atoms. The van der Waals surface area contributed by atoms with E-state index in [0.717, 1.165) is 41.9 Å². The average Bonchev–Trinajstić information content (AvgIpc) is 3.61. The van der Waals surface area contributed by atoms with Crippen molar-refractivity contribution in [1.29, 1.82) is 0 Å². The standard InChI is InChI=1S/C28H24N4O3/c1-31-16-20-6-5-19(14-21(20)17-31)24-15-23-4-2-3-12-32(23)25(24)26(33)27(34)30-22-9-7-18(8-10-22)28-29-11-13-35-28/h2,4-11,13-15H,3,12,16-17H2,1H3,(H,30,34). The van der Waals surface area contributed by atoms with Crippen molar-refractivity contribution in [2.45, 2.75) is 26.1 Å². The topological polar surface area (TPSA) is 80.4 Å². The fourth-order valence-electron chi connectivity index (χ4n) is 4.91. The van der Waals surface area contributed by atoms with Crippen molar-refractivity contribution in [3.05, 3.63) is 89.6 Å². The highest BCUT2D eigenvalue weighted by atomic mass is 16.3. The van der Waals surface area contributed by atoms with Crippen molar-refractivity contribution in [2.24, 2.45) is 0 Å². The number of benzene rings is 2. The Morgan fingerprint density at radius 3 is 2.60 bits per heavy atom. The van der Waals surface area contributed by atoms with Crippen LogP contribution in [0.1, 0.15) is 33.7 Å². The first-order valence-corrected chi connectivity index (χ1v) is 11.6. The lowest BCUT2D eigenvalue weighted by molar-refractivity contribution is -0.112. The molecule has 0 bridgehead atoms. The van der Waals surface area contributed by atoms with Gasteiger partial charge in [-0.3, -0.25) is 14.5 Å². The van der Waals surface area contributed by atoms with Crippen LogP contribution in [-0.4, -0.2) is 33.2 Å². The van der Waals surface area contributed by atoms with Crippen LogP contribution < -0.4 is 5.32 Å². The van der Waals surface area contributed by atoms with Crippen LogP contribution in [0.2, 0.25) is 0 Å². The summed E-state index contributed by atoms with van der Waals surface area (Å²) in [5.41, 5.74) is 7.02. The number of carbonyl (C=O) groups excluding carboxylic acids is 2. The number of allylic oxidation sites excluding steroid dienone is 1. The summed E-state index contributed by atoms with van der Waals surface area (Å²) in [6.07, 6.45) is 8.02. The average molecular weight is 465 g/mol. The molecule has 0 saturated heterocycles. The normalized spacial score (nSPS) is 14.5.